The van der Waals surface area contributed by atoms with Crippen molar-refractivity contribution in [3.05, 3.63) is 11.9 Å². The molecule has 0 bridgehead atoms. The molecule has 20 heavy (non-hydrogen) atoms. The highest BCUT2D eigenvalue weighted by Crippen LogP contribution is 1.93. The average Bonchev–Trinajstić information content (AvgIpc) is 2.85. The van der Waals surface area contributed by atoms with Crippen molar-refractivity contribution in [3.8, 4) is 0 Å². The van der Waals surface area contributed by atoms with E-state index in [9.17, 15) is 9.59 Å². The van der Waals surface area contributed by atoms with Crippen LogP contribution in [-0.2, 0) is 11.3 Å². The summed E-state index contributed by atoms with van der Waals surface area (Å²) in [5, 5.41) is 12.9. The Morgan fingerprint density at radius 1 is 1.40 bits per heavy atom. The van der Waals surface area contributed by atoms with Gasteiger partial charge in [-0.15, -0.1) is 5.10 Å². The third-order valence-corrected chi connectivity index (χ3v) is 2.47. The normalized spacial score (nSPS) is 10.6. The fourth-order valence-electron chi connectivity index (χ4n) is 1.43. The number of carbonyl (C=O) groups excluding carboxylic acids is 2. The molecule has 0 unspecified atom stereocenters. The summed E-state index contributed by atoms with van der Waals surface area (Å²) in [5.41, 5.74) is 5.60. The third kappa shape index (κ3) is 5.79. The predicted molar refractivity (Wildman–Crippen MR) is 73.9 cm³/mol. The quantitative estimate of drug-likeness (QED) is 0.573. The van der Waals surface area contributed by atoms with Crippen LogP contribution in [-0.4, -0.2) is 46.4 Å². The van der Waals surface area contributed by atoms with Crippen molar-refractivity contribution in [2.45, 2.75) is 26.8 Å². The Kier molecular flexibility index (Phi) is 6.65. The number of hydrogen-bond donors (Lipinski definition) is 3. The Bertz CT molecular complexity index is 443. The van der Waals surface area contributed by atoms with Gasteiger partial charge < -0.3 is 16.4 Å². The smallest absolute Gasteiger partial charge is 0.273 e. The number of nitrogens with zero attached hydrogens (tertiary/aromatic N) is 3. The van der Waals surface area contributed by atoms with E-state index in [0.29, 0.717) is 25.6 Å². The molecule has 0 aliphatic rings. The largest absolute Gasteiger partial charge is 0.356 e. The second-order valence-electron chi connectivity index (χ2n) is 4.86. The fourth-order valence-corrected chi connectivity index (χ4v) is 1.43. The zero-order chi connectivity index (χ0) is 15.0. The maximum absolute atomic E-state index is 11.7. The summed E-state index contributed by atoms with van der Waals surface area (Å²) in [6.45, 7) is 5.89. The van der Waals surface area contributed by atoms with E-state index in [-0.39, 0.29) is 30.5 Å². The second-order valence-corrected chi connectivity index (χ2v) is 4.86. The van der Waals surface area contributed by atoms with Gasteiger partial charge in [0.2, 0.25) is 5.91 Å². The first-order valence-electron chi connectivity index (χ1n) is 6.68. The molecule has 0 saturated heterocycles. The van der Waals surface area contributed by atoms with Crippen molar-refractivity contribution >= 4 is 11.8 Å². The Morgan fingerprint density at radius 2 is 2.15 bits per heavy atom. The molecule has 1 rings (SSSR count). The van der Waals surface area contributed by atoms with Crippen LogP contribution in [0.4, 0.5) is 0 Å². The highest BCUT2D eigenvalue weighted by Gasteiger charge is 2.10. The van der Waals surface area contributed by atoms with Crippen LogP contribution in [0.25, 0.3) is 0 Å². The summed E-state index contributed by atoms with van der Waals surface area (Å²) in [5.74, 6) is -0.0122. The molecule has 0 atom stereocenters. The Balaban J connectivity index is 2.27. The van der Waals surface area contributed by atoms with Gasteiger partial charge in [0.1, 0.15) is 0 Å². The van der Waals surface area contributed by atoms with E-state index in [4.69, 9.17) is 5.73 Å². The first-order chi connectivity index (χ1) is 9.52. The molecule has 0 aliphatic heterocycles. The van der Waals surface area contributed by atoms with Crippen LogP contribution < -0.4 is 16.4 Å². The number of hydrogen-bond acceptors (Lipinski definition) is 5. The zero-order valence-electron chi connectivity index (χ0n) is 11.9. The van der Waals surface area contributed by atoms with Gasteiger partial charge in [-0.3, -0.25) is 14.3 Å². The van der Waals surface area contributed by atoms with Gasteiger partial charge in [-0.2, -0.15) is 0 Å². The molecule has 1 aromatic heterocycles. The van der Waals surface area contributed by atoms with Crippen LogP contribution in [0.5, 0.6) is 0 Å². The summed E-state index contributed by atoms with van der Waals surface area (Å²) in [6, 6.07) is 0. The molecule has 0 fully saturated rings. The summed E-state index contributed by atoms with van der Waals surface area (Å²) >= 11 is 0. The van der Waals surface area contributed by atoms with Crippen molar-refractivity contribution in [3.63, 3.8) is 0 Å². The van der Waals surface area contributed by atoms with Crippen LogP contribution in [0.1, 0.15) is 30.8 Å². The second kappa shape index (κ2) is 8.26. The van der Waals surface area contributed by atoms with Gasteiger partial charge in [-0.1, -0.05) is 19.1 Å². The molecule has 8 heteroatoms. The zero-order valence-corrected chi connectivity index (χ0v) is 11.9. The maximum atomic E-state index is 11.7. The molecule has 2 amide bonds. The fraction of sp³-hybridized carbons (Fsp3) is 0.667. The van der Waals surface area contributed by atoms with Gasteiger partial charge in [0.25, 0.3) is 5.91 Å². The Labute approximate surface area is 118 Å². The standard InChI is InChI=1S/C12H22N6O2/c1-9(2)7-15-11(19)3-5-14-12(20)10-8-18(6-4-13)17-16-10/h8-9H,3-7,13H2,1-2H3,(H,14,20)(H,15,19). The average molecular weight is 282 g/mol. The van der Waals surface area contributed by atoms with Crippen molar-refractivity contribution in [2.24, 2.45) is 11.7 Å². The van der Waals surface area contributed by atoms with Crippen LogP contribution in [0, 0.1) is 5.92 Å². The van der Waals surface area contributed by atoms with Gasteiger partial charge >= 0.3 is 0 Å². The molecule has 0 radical (unpaired) electrons. The van der Waals surface area contributed by atoms with E-state index in [1.54, 1.807) is 0 Å². The van der Waals surface area contributed by atoms with Crippen LogP contribution in [0.3, 0.4) is 0 Å². The van der Waals surface area contributed by atoms with Gasteiger partial charge in [-0.25, -0.2) is 0 Å². The molecule has 1 aromatic rings. The lowest BCUT2D eigenvalue weighted by Crippen LogP contribution is -2.32. The molecule has 1 heterocycles. The highest BCUT2D eigenvalue weighted by molar-refractivity contribution is 5.92. The Hall–Kier alpha value is -1.96. The van der Waals surface area contributed by atoms with E-state index in [1.807, 2.05) is 13.8 Å². The summed E-state index contributed by atoms with van der Waals surface area (Å²) in [6.07, 6.45) is 1.77. The van der Waals surface area contributed by atoms with Crippen LogP contribution in [0.2, 0.25) is 0 Å². The third-order valence-electron chi connectivity index (χ3n) is 2.47. The summed E-state index contributed by atoms with van der Waals surface area (Å²) < 4.78 is 1.50. The van der Waals surface area contributed by atoms with Crippen molar-refractivity contribution in [2.75, 3.05) is 19.6 Å². The molecular weight excluding hydrogens is 260 g/mol. The minimum absolute atomic E-state index is 0.0780. The molecule has 0 aromatic carbocycles. The number of nitrogens with one attached hydrogen (secondary N) is 2. The van der Waals surface area contributed by atoms with Crippen molar-refractivity contribution in [1.29, 1.82) is 0 Å². The maximum Gasteiger partial charge on any atom is 0.273 e. The molecule has 0 spiro atoms. The van der Waals surface area contributed by atoms with E-state index in [1.165, 1.54) is 10.9 Å². The van der Waals surface area contributed by atoms with Gasteiger partial charge in [0.05, 0.1) is 12.7 Å². The van der Waals surface area contributed by atoms with E-state index in [0.717, 1.165) is 0 Å². The minimum atomic E-state index is -0.343. The topological polar surface area (TPSA) is 115 Å². The molecule has 112 valence electrons. The monoisotopic (exact) mass is 282 g/mol. The SMILES string of the molecule is CC(C)CNC(=O)CCNC(=O)c1cn(CCN)nn1. The van der Waals surface area contributed by atoms with Crippen molar-refractivity contribution in [1.82, 2.24) is 25.6 Å². The van der Waals surface area contributed by atoms with Crippen LogP contribution >= 0.6 is 0 Å². The number of amides is 2. The minimum Gasteiger partial charge on any atom is -0.356 e. The molecule has 0 aliphatic carbocycles. The first kappa shape index (κ1) is 16.1. The molecular formula is C12H22N6O2. The lowest BCUT2D eigenvalue weighted by Gasteiger charge is -2.07. The lowest BCUT2D eigenvalue weighted by atomic mass is 10.2. The van der Waals surface area contributed by atoms with E-state index >= 15 is 0 Å². The number of rotatable bonds is 8. The van der Waals surface area contributed by atoms with Gasteiger partial charge in [0.15, 0.2) is 5.69 Å². The lowest BCUT2D eigenvalue weighted by molar-refractivity contribution is -0.121. The van der Waals surface area contributed by atoms with Gasteiger partial charge in [0, 0.05) is 26.1 Å². The van der Waals surface area contributed by atoms with E-state index < -0.39 is 0 Å². The van der Waals surface area contributed by atoms with Crippen molar-refractivity contribution < 1.29 is 9.59 Å². The molecule has 4 N–H and O–H groups in total. The van der Waals surface area contributed by atoms with Crippen LogP contribution in [0.15, 0.2) is 6.20 Å². The first-order valence-corrected chi connectivity index (χ1v) is 6.68. The Morgan fingerprint density at radius 3 is 2.80 bits per heavy atom. The summed E-state index contributed by atoms with van der Waals surface area (Å²) in [7, 11) is 0. The van der Waals surface area contributed by atoms with E-state index in [2.05, 4.69) is 20.9 Å². The number of aromatic nitrogens is 3. The molecule has 8 nitrogen and oxygen atoms in total. The highest BCUT2D eigenvalue weighted by atomic mass is 16.2. The predicted octanol–water partition coefficient (Wildman–Crippen LogP) is -0.871. The van der Waals surface area contributed by atoms with Gasteiger partial charge in [-0.05, 0) is 5.92 Å². The number of carbonyl (C=O) groups is 2. The molecule has 0 saturated carbocycles. The number of nitrogens with two attached hydrogens (primary N) is 1. The summed E-state index contributed by atoms with van der Waals surface area (Å²) in [4.78, 5) is 23.2.